The van der Waals surface area contributed by atoms with E-state index in [0.717, 1.165) is 12.8 Å². The van der Waals surface area contributed by atoms with Gasteiger partial charge in [-0.1, -0.05) is 5.16 Å². The van der Waals surface area contributed by atoms with Crippen molar-refractivity contribution >= 4 is 17.5 Å². The van der Waals surface area contributed by atoms with Crippen LogP contribution < -0.4 is 5.32 Å². The minimum atomic E-state index is -0.391. The van der Waals surface area contributed by atoms with E-state index in [1.165, 1.54) is 0 Å². The summed E-state index contributed by atoms with van der Waals surface area (Å²) in [7, 11) is 0. The molecule has 17 heavy (non-hydrogen) atoms. The second-order valence-electron chi connectivity index (χ2n) is 4.31. The highest BCUT2D eigenvalue weighted by Gasteiger charge is 2.34. The summed E-state index contributed by atoms with van der Waals surface area (Å²) in [4.78, 5) is 11.9. The van der Waals surface area contributed by atoms with Crippen molar-refractivity contribution in [2.75, 3.05) is 19.1 Å². The zero-order valence-electron chi connectivity index (χ0n) is 9.66. The molecule has 0 bridgehead atoms. The summed E-state index contributed by atoms with van der Waals surface area (Å²) < 4.78 is 10.2. The summed E-state index contributed by atoms with van der Waals surface area (Å²) in [6, 6.07) is 1.61. The first-order chi connectivity index (χ1) is 8.15. The predicted octanol–water partition coefficient (Wildman–Crippen LogP) is 1.50. The molecule has 1 aliphatic heterocycles. The molecule has 1 amide bonds. The Bertz CT molecular complexity index is 399. The van der Waals surface area contributed by atoms with E-state index < -0.39 is 5.54 Å². The van der Waals surface area contributed by atoms with Crippen LogP contribution in [0.2, 0.25) is 0 Å². The lowest BCUT2D eigenvalue weighted by Crippen LogP contribution is -2.53. The highest BCUT2D eigenvalue weighted by atomic mass is 35.5. The van der Waals surface area contributed by atoms with Gasteiger partial charge in [0.2, 0.25) is 5.76 Å². The van der Waals surface area contributed by atoms with Crippen molar-refractivity contribution in [1.29, 1.82) is 0 Å². The number of carbonyl (C=O) groups excluding carboxylic acids is 1. The van der Waals surface area contributed by atoms with Gasteiger partial charge in [-0.3, -0.25) is 4.79 Å². The number of nitrogens with zero attached hydrogens (tertiary/aromatic N) is 1. The molecule has 1 aromatic heterocycles. The van der Waals surface area contributed by atoms with Gasteiger partial charge in [0.05, 0.1) is 11.2 Å². The van der Waals surface area contributed by atoms with Gasteiger partial charge in [0.25, 0.3) is 5.91 Å². The van der Waals surface area contributed by atoms with Crippen molar-refractivity contribution in [2.45, 2.75) is 25.3 Å². The molecule has 1 aliphatic rings. The largest absolute Gasteiger partial charge is 0.381 e. The number of hydrogen-bond acceptors (Lipinski definition) is 4. The first-order valence-electron chi connectivity index (χ1n) is 5.55. The maximum Gasteiger partial charge on any atom is 0.290 e. The molecule has 0 aromatic carbocycles. The molecule has 0 radical (unpaired) electrons. The van der Waals surface area contributed by atoms with Crippen LogP contribution in [0, 0.1) is 6.92 Å². The third-order valence-electron chi connectivity index (χ3n) is 2.94. The lowest BCUT2D eigenvalue weighted by molar-refractivity contribution is 0.0423. The number of halogens is 1. The van der Waals surface area contributed by atoms with E-state index in [0.29, 0.717) is 24.8 Å². The van der Waals surface area contributed by atoms with Crippen LogP contribution in [0.25, 0.3) is 0 Å². The van der Waals surface area contributed by atoms with Crippen LogP contribution in [0.5, 0.6) is 0 Å². The third kappa shape index (κ3) is 2.79. The molecule has 2 heterocycles. The van der Waals surface area contributed by atoms with Crippen molar-refractivity contribution in [1.82, 2.24) is 10.5 Å². The maximum absolute atomic E-state index is 11.9. The Hall–Kier alpha value is -1.07. The molecular formula is C11H15ClN2O3. The van der Waals surface area contributed by atoms with Gasteiger partial charge in [-0.15, -0.1) is 11.6 Å². The first kappa shape index (κ1) is 12.4. The molecule has 0 saturated carbocycles. The number of aryl methyl sites for hydroxylation is 1. The van der Waals surface area contributed by atoms with E-state index in [9.17, 15) is 4.79 Å². The lowest BCUT2D eigenvalue weighted by Gasteiger charge is -2.35. The Morgan fingerprint density at radius 1 is 1.59 bits per heavy atom. The molecular weight excluding hydrogens is 244 g/mol. The zero-order valence-corrected chi connectivity index (χ0v) is 10.4. The van der Waals surface area contributed by atoms with E-state index in [2.05, 4.69) is 10.5 Å². The Kier molecular flexibility index (Phi) is 3.69. The van der Waals surface area contributed by atoms with Gasteiger partial charge in [0.1, 0.15) is 0 Å². The number of carbonyl (C=O) groups is 1. The number of nitrogens with one attached hydrogen (secondary N) is 1. The number of amides is 1. The topological polar surface area (TPSA) is 64.4 Å². The predicted molar refractivity (Wildman–Crippen MR) is 62.2 cm³/mol. The summed E-state index contributed by atoms with van der Waals surface area (Å²) in [5, 5.41) is 6.61. The van der Waals surface area contributed by atoms with Gasteiger partial charge < -0.3 is 14.6 Å². The van der Waals surface area contributed by atoms with E-state index in [-0.39, 0.29) is 11.7 Å². The maximum atomic E-state index is 11.9. The molecule has 5 nitrogen and oxygen atoms in total. The van der Waals surface area contributed by atoms with Gasteiger partial charge in [-0.25, -0.2) is 0 Å². The minimum absolute atomic E-state index is 0.221. The minimum Gasteiger partial charge on any atom is -0.381 e. The normalized spacial score (nSPS) is 18.9. The van der Waals surface area contributed by atoms with Gasteiger partial charge in [0.15, 0.2) is 0 Å². The van der Waals surface area contributed by atoms with Gasteiger partial charge in [0, 0.05) is 25.2 Å². The van der Waals surface area contributed by atoms with E-state index in [1.807, 2.05) is 0 Å². The third-order valence-corrected chi connectivity index (χ3v) is 3.45. The summed E-state index contributed by atoms with van der Waals surface area (Å²) in [6.45, 7) is 3.00. The smallest absolute Gasteiger partial charge is 0.290 e. The molecule has 1 N–H and O–H groups in total. The van der Waals surface area contributed by atoms with Crippen LogP contribution in [-0.4, -0.2) is 35.7 Å². The molecule has 94 valence electrons. The average molecular weight is 259 g/mol. The standard InChI is InChI=1S/C11H15ClN2O3/c1-8-6-9(17-14-8)10(15)13-11(7-12)2-4-16-5-3-11/h6H,2-5,7H2,1H3,(H,13,15). The van der Waals surface area contributed by atoms with Crippen molar-refractivity contribution in [2.24, 2.45) is 0 Å². The summed E-state index contributed by atoms with van der Waals surface area (Å²) in [6.07, 6.45) is 1.44. The van der Waals surface area contributed by atoms with E-state index in [4.69, 9.17) is 20.9 Å². The second-order valence-corrected chi connectivity index (χ2v) is 4.58. The highest BCUT2D eigenvalue weighted by Crippen LogP contribution is 2.22. The highest BCUT2D eigenvalue weighted by molar-refractivity contribution is 6.18. The fraction of sp³-hybridized carbons (Fsp3) is 0.636. The molecule has 6 heteroatoms. The molecule has 0 aliphatic carbocycles. The van der Waals surface area contributed by atoms with Crippen LogP contribution in [0.15, 0.2) is 10.6 Å². The SMILES string of the molecule is Cc1cc(C(=O)NC2(CCl)CCOCC2)on1. The van der Waals surface area contributed by atoms with Crippen molar-refractivity contribution < 1.29 is 14.1 Å². The number of rotatable bonds is 3. The quantitative estimate of drug-likeness (QED) is 0.835. The molecule has 0 unspecified atom stereocenters. The Labute approximate surface area is 104 Å². The molecule has 2 rings (SSSR count). The molecule has 1 fully saturated rings. The lowest BCUT2D eigenvalue weighted by atomic mass is 9.92. The van der Waals surface area contributed by atoms with Crippen molar-refractivity contribution in [3.05, 3.63) is 17.5 Å². The molecule has 0 atom stereocenters. The van der Waals surface area contributed by atoms with Crippen LogP contribution in [0.4, 0.5) is 0 Å². The summed E-state index contributed by atoms with van der Waals surface area (Å²) >= 11 is 5.96. The van der Waals surface area contributed by atoms with Crippen molar-refractivity contribution in [3.63, 3.8) is 0 Å². The average Bonchev–Trinajstić information content (AvgIpc) is 2.77. The number of ether oxygens (including phenoxy) is 1. The van der Waals surface area contributed by atoms with Crippen molar-refractivity contribution in [3.8, 4) is 0 Å². The number of aromatic nitrogens is 1. The van der Waals surface area contributed by atoms with E-state index >= 15 is 0 Å². The Morgan fingerprint density at radius 3 is 2.82 bits per heavy atom. The molecule has 1 aromatic rings. The Balaban J connectivity index is 2.05. The van der Waals surface area contributed by atoms with Gasteiger partial charge in [-0.05, 0) is 19.8 Å². The molecule has 0 spiro atoms. The van der Waals surface area contributed by atoms with Crippen LogP contribution in [0.1, 0.15) is 29.1 Å². The number of hydrogen-bond donors (Lipinski definition) is 1. The van der Waals surface area contributed by atoms with E-state index in [1.54, 1.807) is 13.0 Å². The van der Waals surface area contributed by atoms with Gasteiger partial charge >= 0.3 is 0 Å². The first-order valence-corrected chi connectivity index (χ1v) is 6.08. The fourth-order valence-electron chi connectivity index (χ4n) is 1.83. The van der Waals surface area contributed by atoms with Crippen LogP contribution in [0.3, 0.4) is 0 Å². The number of alkyl halides is 1. The summed E-state index contributed by atoms with van der Waals surface area (Å²) in [5.41, 5.74) is 0.291. The zero-order chi connectivity index (χ0) is 12.3. The monoisotopic (exact) mass is 258 g/mol. The second kappa shape index (κ2) is 5.06. The Morgan fingerprint density at radius 2 is 2.29 bits per heavy atom. The summed E-state index contributed by atoms with van der Waals surface area (Å²) in [5.74, 6) is 0.321. The molecule has 1 saturated heterocycles. The van der Waals surface area contributed by atoms with Crippen LogP contribution in [-0.2, 0) is 4.74 Å². The van der Waals surface area contributed by atoms with Crippen LogP contribution >= 0.6 is 11.6 Å². The van der Waals surface area contributed by atoms with Gasteiger partial charge in [-0.2, -0.15) is 0 Å². The fourth-order valence-corrected chi connectivity index (χ4v) is 2.16.